The van der Waals surface area contributed by atoms with Crippen molar-refractivity contribution in [3.63, 3.8) is 0 Å². The van der Waals surface area contributed by atoms with Gasteiger partial charge in [-0.1, -0.05) is 39.8 Å². The third kappa shape index (κ3) is 10.2. The van der Waals surface area contributed by atoms with Crippen LogP contribution in [0.5, 0.6) is 5.75 Å². The Balaban J connectivity index is 1.32. The van der Waals surface area contributed by atoms with E-state index in [1.54, 1.807) is 32.5 Å². The number of hydrazine groups is 1. The third-order valence-corrected chi connectivity index (χ3v) is 13.7. The molecule has 7 rings (SSSR count). The molecule has 0 saturated carbocycles. The fraction of sp³-hybridized carbons (Fsp3) is 0.529. The van der Waals surface area contributed by atoms with Crippen LogP contribution in [0.3, 0.4) is 0 Å². The van der Waals surface area contributed by atoms with Gasteiger partial charge in [0.1, 0.15) is 29.7 Å². The number of likely N-dealkylation sites (N-methyl/N-ethyl adjacent to an activating group) is 1. The van der Waals surface area contributed by atoms with E-state index in [2.05, 4.69) is 54.3 Å². The fourth-order valence-electron chi connectivity index (χ4n) is 10.3. The summed E-state index contributed by atoms with van der Waals surface area (Å²) in [5.41, 5.74) is 8.62. The summed E-state index contributed by atoms with van der Waals surface area (Å²) in [5.74, 6) is -2.22. The van der Waals surface area contributed by atoms with Crippen LogP contribution >= 0.6 is 0 Å². The molecular formula is C51H67N7O9. The van der Waals surface area contributed by atoms with Crippen molar-refractivity contribution in [3.05, 3.63) is 71.5 Å². The minimum atomic E-state index is -1.23. The number of amides is 4. The van der Waals surface area contributed by atoms with E-state index in [9.17, 15) is 29.1 Å². The number of nitrogens with zero attached hydrogens (tertiary/aromatic N) is 5. The van der Waals surface area contributed by atoms with Gasteiger partial charge in [-0.05, 0) is 110 Å². The van der Waals surface area contributed by atoms with Crippen molar-refractivity contribution in [2.75, 3.05) is 54.1 Å². The number of hydrogen-bond donors (Lipinski definition) is 3. The monoisotopic (exact) mass is 922 g/mol. The molecule has 2 aromatic heterocycles. The molecule has 360 valence electrons. The lowest BCUT2D eigenvalue weighted by Gasteiger charge is -2.42. The maximum absolute atomic E-state index is 14.9. The summed E-state index contributed by atoms with van der Waals surface area (Å²) in [6.07, 6.45) is 3.72. The fourth-order valence-corrected chi connectivity index (χ4v) is 10.3. The van der Waals surface area contributed by atoms with Crippen molar-refractivity contribution in [1.29, 1.82) is 0 Å². The molecule has 16 heteroatoms. The van der Waals surface area contributed by atoms with E-state index in [4.69, 9.17) is 19.2 Å². The minimum absolute atomic E-state index is 0.000607. The number of carbonyl (C=O) groups is 5. The van der Waals surface area contributed by atoms with Crippen LogP contribution in [-0.2, 0) is 52.8 Å². The van der Waals surface area contributed by atoms with Crippen molar-refractivity contribution in [3.8, 4) is 28.1 Å². The van der Waals surface area contributed by atoms with Crippen LogP contribution in [0, 0.1) is 17.3 Å². The first-order valence-electron chi connectivity index (χ1n) is 23.4. The zero-order chi connectivity index (χ0) is 48.4. The molecule has 3 aliphatic heterocycles. The maximum Gasteiger partial charge on any atom is 0.409 e. The lowest BCUT2D eigenvalue weighted by molar-refractivity contribution is -0.148. The highest BCUT2D eigenvalue weighted by atomic mass is 16.5. The Morgan fingerprint density at radius 1 is 1.07 bits per heavy atom. The number of pyridine rings is 1. The molecule has 2 aromatic carbocycles. The molecule has 4 amide bonds. The maximum atomic E-state index is 14.9. The highest BCUT2D eigenvalue weighted by Crippen LogP contribution is 2.42. The third-order valence-electron chi connectivity index (χ3n) is 13.7. The Labute approximate surface area is 393 Å². The molecule has 0 radical (unpaired) electrons. The largest absolute Gasteiger partial charge is 0.508 e. The van der Waals surface area contributed by atoms with Gasteiger partial charge >= 0.3 is 6.09 Å². The number of carbonyl (C=O) groups excluding carboxylic acids is 5. The van der Waals surface area contributed by atoms with Gasteiger partial charge in [0.05, 0.1) is 43.7 Å². The van der Waals surface area contributed by atoms with Gasteiger partial charge in [0.2, 0.25) is 11.8 Å². The first-order valence-corrected chi connectivity index (χ1v) is 23.4. The summed E-state index contributed by atoms with van der Waals surface area (Å²) in [5, 5.41) is 16.8. The molecule has 6 bridgehead atoms. The number of nitrogens with one attached hydrogen (secondary N) is 2. The predicted molar refractivity (Wildman–Crippen MR) is 254 cm³/mol. The number of rotatable bonds is 10. The van der Waals surface area contributed by atoms with Crippen LogP contribution in [0.25, 0.3) is 33.3 Å². The van der Waals surface area contributed by atoms with E-state index in [1.165, 1.54) is 21.9 Å². The van der Waals surface area contributed by atoms with Gasteiger partial charge in [-0.2, -0.15) is 0 Å². The second kappa shape index (κ2) is 20.2. The Hall–Kier alpha value is -5.84. The van der Waals surface area contributed by atoms with E-state index in [0.717, 1.165) is 45.3 Å². The zero-order valence-electron chi connectivity index (χ0n) is 40.4. The van der Waals surface area contributed by atoms with Gasteiger partial charge in [-0.25, -0.2) is 10.2 Å². The van der Waals surface area contributed by atoms with Crippen LogP contribution in [0.1, 0.15) is 83.7 Å². The molecule has 2 saturated heterocycles. The normalized spacial score (nSPS) is 22.0. The molecule has 0 aliphatic carbocycles. The van der Waals surface area contributed by atoms with Crippen LogP contribution in [-0.4, -0.2) is 131 Å². The lowest BCUT2D eigenvalue weighted by atomic mass is 9.84. The number of benzene rings is 2. The Bertz CT molecular complexity index is 2500. The standard InChI is InChI=1S/C51H67N7O9/c1-10-57-42-15-14-34-25-39(42)40(45(57)38-13-11-18-52-43(38)32(4)65-8)26-50(5,6)29-67-30-51(28-59)17-12-19-58(54-51)48(63)41(23-33-21-36(34)24-37(60)22-33)53-46(61)44(31(2)3)55(7)47(62)35-16-20-56(27-35)49(64)66-9/h11,13-15,18,21-22,24-25,28,31-32,35,41,44,54,60H,10,12,16-17,19-20,23,26-27,29-30H2,1-9H3,(H,53,61)/t32-,35+,41-,44-,51-/m0/s1. The number of phenolic OH excluding ortho intramolecular Hbond substituents is 1. The average Bonchev–Trinajstić information content (AvgIpc) is 3.92. The summed E-state index contributed by atoms with van der Waals surface area (Å²) in [7, 11) is 4.54. The molecular weight excluding hydrogens is 855 g/mol. The number of fused-ring (bicyclic) bond motifs is 6. The minimum Gasteiger partial charge on any atom is -0.508 e. The van der Waals surface area contributed by atoms with E-state index < -0.39 is 46.9 Å². The van der Waals surface area contributed by atoms with Gasteiger partial charge < -0.3 is 43.8 Å². The second-order valence-electron chi connectivity index (χ2n) is 19.6. The van der Waals surface area contributed by atoms with E-state index in [1.807, 2.05) is 39.0 Å². The number of aldehydes is 1. The molecule has 5 heterocycles. The first kappa shape index (κ1) is 49.1. The summed E-state index contributed by atoms with van der Waals surface area (Å²) in [4.78, 5) is 76.4. The van der Waals surface area contributed by atoms with E-state index >= 15 is 0 Å². The second-order valence-corrected chi connectivity index (χ2v) is 19.6. The Kier molecular flexibility index (Phi) is 14.8. The van der Waals surface area contributed by atoms with Gasteiger partial charge in [0.15, 0.2) is 0 Å². The van der Waals surface area contributed by atoms with E-state index in [-0.39, 0.29) is 49.8 Å². The SMILES string of the molecule is CCn1c(-c2cccnc2[C@H](C)OC)c2c3cc(ccc31)-c1cc(O)cc(c1)C[C@H](NC(=O)[C@H](C(C)C)N(C)C(=O)[C@@H]1CCN(C(=O)OC)C1)C(=O)N1CCC[C@](C=O)(COCC(C)(C)C2)N1. The molecule has 3 aliphatic rings. The lowest BCUT2D eigenvalue weighted by Crippen LogP contribution is -2.66. The molecule has 4 aromatic rings. The van der Waals surface area contributed by atoms with E-state index in [0.29, 0.717) is 56.5 Å². The molecule has 0 spiro atoms. The summed E-state index contributed by atoms with van der Waals surface area (Å²) in [6.45, 7) is 13.8. The number of aromatic hydroxyl groups is 1. The number of phenols is 1. The number of methoxy groups -OCH3 is 2. The number of aryl methyl sites for hydroxylation is 1. The van der Waals surface area contributed by atoms with Gasteiger partial charge in [0, 0.05) is 69.4 Å². The molecule has 67 heavy (non-hydrogen) atoms. The molecule has 3 N–H and O–H groups in total. The molecule has 0 unspecified atom stereocenters. The molecule has 2 fully saturated rings. The number of ether oxygens (including phenoxy) is 3. The van der Waals surface area contributed by atoms with Crippen LogP contribution in [0.2, 0.25) is 0 Å². The molecule has 5 atom stereocenters. The van der Waals surface area contributed by atoms with Crippen molar-refractivity contribution in [2.24, 2.45) is 17.3 Å². The number of hydrogen-bond acceptors (Lipinski definition) is 11. The van der Waals surface area contributed by atoms with Gasteiger partial charge in [-0.3, -0.25) is 24.4 Å². The summed E-state index contributed by atoms with van der Waals surface area (Å²) < 4.78 is 19.5. The number of likely N-dealkylation sites (tertiary alicyclic amines) is 1. The first-order chi connectivity index (χ1) is 31.9. The van der Waals surface area contributed by atoms with Crippen molar-refractivity contribution in [2.45, 2.75) is 104 Å². The smallest absolute Gasteiger partial charge is 0.409 e. The Morgan fingerprint density at radius 3 is 2.55 bits per heavy atom. The van der Waals surface area contributed by atoms with Gasteiger partial charge in [-0.15, -0.1) is 0 Å². The van der Waals surface area contributed by atoms with Crippen molar-refractivity contribution >= 4 is 41.0 Å². The summed E-state index contributed by atoms with van der Waals surface area (Å²) >= 11 is 0. The summed E-state index contributed by atoms with van der Waals surface area (Å²) in [6, 6.07) is 13.4. The average molecular weight is 922 g/mol. The highest BCUT2D eigenvalue weighted by molar-refractivity contribution is 5.96. The quantitative estimate of drug-likeness (QED) is 0.157. The van der Waals surface area contributed by atoms with Crippen molar-refractivity contribution in [1.82, 2.24) is 35.1 Å². The van der Waals surface area contributed by atoms with Gasteiger partial charge in [0.25, 0.3) is 5.91 Å². The zero-order valence-corrected chi connectivity index (χ0v) is 40.4. The predicted octanol–water partition coefficient (Wildman–Crippen LogP) is 6.07. The van der Waals surface area contributed by atoms with Crippen LogP contribution < -0.4 is 10.7 Å². The van der Waals surface area contributed by atoms with Crippen LogP contribution in [0.15, 0.2) is 54.7 Å². The number of aromatic nitrogens is 2. The van der Waals surface area contributed by atoms with Crippen molar-refractivity contribution < 1.29 is 43.3 Å². The Morgan fingerprint density at radius 2 is 1.85 bits per heavy atom. The highest BCUT2D eigenvalue weighted by Gasteiger charge is 2.42. The topological polar surface area (TPSA) is 185 Å². The molecule has 16 nitrogen and oxygen atoms in total. The van der Waals surface area contributed by atoms with Crippen LogP contribution in [0.4, 0.5) is 4.79 Å².